The van der Waals surface area contributed by atoms with Crippen LogP contribution in [0.3, 0.4) is 0 Å². The molecular weight excluding hydrogens is 487 g/mol. The maximum Gasteiger partial charge on any atom is 0.201 e. The molecule has 0 spiro atoms. The third-order valence-corrected chi connectivity index (χ3v) is 6.63. The minimum atomic E-state index is -1.10. The number of unbranched alkanes of at least 4 members (excludes halogenated alkanes) is 1. The Balaban J connectivity index is 1.39. The summed E-state index contributed by atoms with van der Waals surface area (Å²) in [6.45, 7) is 3.76. The number of benzene rings is 3. The van der Waals surface area contributed by atoms with Crippen molar-refractivity contribution in [2.24, 2.45) is 0 Å². The second-order valence-electron chi connectivity index (χ2n) is 9.24. The van der Waals surface area contributed by atoms with Crippen LogP contribution in [0.25, 0.3) is 16.7 Å². The molecule has 2 nitrogen and oxygen atoms in total. The van der Waals surface area contributed by atoms with E-state index in [1.54, 1.807) is 12.1 Å². The van der Waals surface area contributed by atoms with Gasteiger partial charge in [-0.05, 0) is 67.5 Å². The van der Waals surface area contributed by atoms with Gasteiger partial charge in [0.25, 0.3) is 0 Å². The molecule has 1 unspecified atom stereocenters. The van der Waals surface area contributed by atoms with Crippen molar-refractivity contribution in [2.75, 3.05) is 6.61 Å². The van der Waals surface area contributed by atoms with Gasteiger partial charge in [-0.1, -0.05) is 43.7 Å². The van der Waals surface area contributed by atoms with E-state index in [-0.39, 0.29) is 52.9 Å². The molecule has 0 bridgehead atoms. The number of aryl methyl sites for hydroxylation is 1. The lowest BCUT2D eigenvalue weighted by Gasteiger charge is -2.23. The zero-order chi connectivity index (χ0) is 26.5. The maximum atomic E-state index is 14.8. The van der Waals surface area contributed by atoms with Crippen LogP contribution in [0, 0.1) is 36.0 Å². The zero-order valence-corrected chi connectivity index (χ0v) is 20.9. The van der Waals surface area contributed by atoms with Gasteiger partial charge in [0.1, 0.15) is 5.82 Å². The van der Waals surface area contributed by atoms with Gasteiger partial charge in [-0.2, -0.15) is 4.39 Å². The first-order valence-electron chi connectivity index (χ1n) is 12.4. The summed E-state index contributed by atoms with van der Waals surface area (Å²) in [7, 11) is 0. The van der Waals surface area contributed by atoms with E-state index in [1.165, 1.54) is 31.2 Å². The van der Waals surface area contributed by atoms with Crippen LogP contribution in [0.5, 0.6) is 5.75 Å². The Bertz CT molecular complexity index is 1300. The molecule has 0 saturated heterocycles. The smallest absolute Gasteiger partial charge is 0.201 e. The van der Waals surface area contributed by atoms with E-state index in [1.807, 2.05) is 13.0 Å². The molecule has 0 heterocycles. The summed E-state index contributed by atoms with van der Waals surface area (Å²) in [4.78, 5) is 0. The molecule has 3 aromatic carbocycles. The highest BCUT2D eigenvalue weighted by molar-refractivity contribution is 5.67. The summed E-state index contributed by atoms with van der Waals surface area (Å²) >= 11 is 0. The highest BCUT2D eigenvalue weighted by Gasteiger charge is 2.21. The lowest BCUT2D eigenvalue weighted by Crippen LogP contribution is -2.16. The van der Waals surface area contributed by atoms with Gasteiger partial charge in [-0.15, -0.1) is 0 Å². The number of allylic oxidation sites excluding steroid dienone is 1. The van der Waals surface area contributed by atoms with Crippen LogP contribution in [-0.4, -0.2) is 12.7 Å². The van der Waals surface area contributed by atoms with Crippen molar-refractivity contribution in [3.8, 4) is 16.9 Å². The van der Waals surface area contributed by atoms with E-state index < -0.39 is 29.1 Å². The summed E-state index contributed by atoms with van der Waals surface area (Å²) in [6, 6.07) is 10.0. The predicted octanol–water partition coefficient (Wildman–Crippen LogP) is 8.69. The SMILES string of the molecule is CCCCOc1ccc(-c2ccc(COC3CC=C(c4ccc(C)c(F)c4F)CC3)c(F)c2)c(F)c1F. The van der Waals surface area contributed by atoms with E-state index >= 15 is 0 Å². The Labute approximate surface area is 213 Å². The summed E-state index contributed by atoms with van der Waals surface area (Å²) in [5.74, 6) is -4.63. The van der Waals surface area contributed by atoms with E-state index in [9.17, 15) is 22.0 Å². The van der Waals surface area contributed by atoms with Gasteiger partial charge in [-0.25, -0.2) is 17.6 Å². The Kier molecular flexibility index (Phi) is 8.64. The van der Waals surface area contributed by atoms with Crippen LogP contribution in [0.1, 0.15) is 55.7 Å². The normalized spacial score (nSPS) is 15.5. The van der Waals surface area contributed by atoms with Crippen molar-refractivity contribution >= 4 is 5.57 Å². The van der Waals surface area contributed by atoms with Crippen LogP contribution in [0.15, 0.2) is 48.5 Å². The van der Waals surface area contributed by atoms with Crippen molar-refractivity contribution in [3.05, 3.63) is 94.3 Å². The van der Waals surface area contributed by atoms with Crippen molar-refractivity contribution in [1.82, 2.24) is 0 Å². The van der Waals surface area contributed by atoms with Gasteiger partial charge >= 0.3 is 0 Å². The molecular formula is C30H29F5O2. The third-order valence-electron chi connectivity index (χ3n) is 6.63. The summed E-state index contributed by atoms with van der Waals surface area (Å²) in [5.41, 5.74) is 1.67. The Hall–Kier alpha value is -3.19. The predicted molar refractivity (Wildman–Crippen MR) is 134 cm³/mol. The number of hydrogen-bond donors (Lipinski definition) is 0. The average molecular weight is 517 g/mol. The van der Waals surface area contributed by atoms with Gasteiger partial charge in [0, 0.05) is 16.7 Å². The maximum absolute atomic E-state index is 14.8. The molecule has 0 amide bonds. The quantitative estimate of drug-likeness (QED) is 0.209. The molecule has 37 heavy (non-hydrogen) atoms. The zero-order valence-electron chi connectivity index (χ0n) is 20.9. The Morgan fingerprint density at radius 2 is 1.62 bits per heavy atom. The van der Waals surface area contributed by atoms with Crippen molar-refractivity contribution < 1.29 is 31.4 Å². The molecule has 3 aromatic rings. The second kappa shape index (κ2) is 11.9. The summed E-state index contributed by atoms with van der Waals surface area (Å²) in [5, 5.41) is 0. The van der Waals surface area contributed by atoms with E-state index in [4.69, 9.17) is 9.47 Å². The monoisotopic (exact) mass is 516 g/mol. The Morgan fingerprint density at radius 1 is 0.865 bits per heavy atom. The van der Waals surface area contributed by atoms with Gasteiger partial charge in [-0.3, -0.25) is 0 Å². The fourth-order valence-corrected chi connectivity index (χ4v) is 4.33. The largest absolute Gasteiger partial charge is 0.490 e. The molecule has 1 atom stereocenters. The van der Waals surface area contributed by atoms with Crippen LogP contribution in [0.4, 0.5) is 22.0 Å². The lowest BCUT2D eigenvalue weighted by molar-refractivity contribution is 0.0345. The van der Waals surface area contributed by atoms with Crippen LogP contribution < -0.4 is 4.74 Å². The molecule has 0 radical (unpaired) electrons. The van der Waals surface area contributed by atoms with Crippen molar-refractivity contribution in [3.63, 3.8) is 0 Å². The number of ether oxygens (including phenoxy) is 2. The minimum absolute atomic E-state index is 0.00543. The van der Waals surface area contributed by atoms with Crippen molar-refractivity contribution in [1.29, 1.82) is 0 Å². The highest BCUT2D eigenvalue weighted by Crippen LogP contribution is 2.33. The van der Waals surface area contributed by atoms with Gasteiger partial charge in [0.15, 0.2) is 23.2 Å². The lowest BCUT2D eigenvalue weighted by atomic mass is 9.91. The van der Waals surface area contributed by atoms with Crippen molar-refractivity contribution in [2.45, 2.75) is 58.7 Å². The second-order valence-corrected chi connectivity index (χ2v) is 9.24. The molecule has 0 aromatic heterocycles. The highest BCUT2D eigenvalue weighted by atomic mass is 19.2. The number of halogens is 5. The Morgan fingerprint density at radius 3 is 2.32 bits per heavy atom. The molecule has 0 saturated carbocycles. The first kappa shape index (κ1) is 26.9. The molecule has 0 N–H and O–H groups in total. The molecule has 4 rings (SSSR count). The first-order chi connectivity index (χ1) is 17.8. The fourth-order valence-electron chi connectivity index (χ4n) is 4.33. The summed E-state index contributed by atoms with van der Waals surface area (Å²) in [6.07, 6.45) is 4.79. The molecule has 0 aliphatic heterocycles. The number of hydrogen-bond acceptors (Lipinski definition) is 2. The van der Waals surface area contributed by atoms with Crippen LogP contribution >= 0.6 is 0 Å². The topological polar surface area (TPSA) is 18.5 Å². The first-order valence-corrected chi connectivity index (χ1v) is 12.4. The van der Waals surface area contributed by atoms with Crippen LogP contribution in [-0.2, 0) is 11.3 Å². The van der Waals surface area contributed by atoms with E-state index in [2.05, 4.69) is 0 Å². The third kappa shape index (κ3) is 6.04. The van der Waals surface area contributed by atoms with E-state index in [0.717, 1.165) is 24.5 Å². The molecule has 1 aliphatic carbocycles. The minimum Gasteiger partial charge on any atom is -0.490 e. The molecule has 7 heteroatoms. The average Bonchev–Trinajstić information content (AvgIpc) is 2.90. The molecule has 196 valence electrons. The van der Waals surface area contributed by atoms with Gasteiger partial charge < -0.3 is 9.47 Å². The molecule has 1 aliphatic rings. The van der Waals surface area contributed by atoms with Gasteiger partial charge in [0.2, 0.25) is 5.82 Å². The summed E-state index contributed by atoms with van der Waals surface area (Å²) < 4.78 is 83.2. The fraction of sp³-hybridized carbons (Fsp3) is 0.333. The molecule has 0 fully saturated rings. The van der Waals surface area contributed by atoms with Crippen LogP contribution in [0.2, 0.25) is 0 Å². The van der Waals surface area contributed by atoms with Gasteiger partial charge in [0.05, 0.1) is 19.3 Å². The number of rotatable bonds is 9. The standard InChI is InChI=1S/C30H29F5O2/c1-3-4-15-36-26-14-13-24(29(34)30(26)35)20-6-7-21(25(31)16-20)17-37-22-10-8-19(9-11-22)23-12-5-18(2)27(32)28(23)33/h5-8,12-14,16,22H,3-4,9-11,15,17H2,1-2H3. The van der Waals surface area contributed by atoms with E-state index in [0.29, 0.717) is 19.3 Å².